The van der Waals surface area contributed by atoms with Gasteiger partial charge in [0.2, 0.25) is 10.0 Å². The minimum atomic E-state index is -3.24. The number of rotatable bonds is 6. The predicted molar refractivity (Wildman–Crippen MR) is 208 cm³/mol. The molecule has 9 rings (SSSR count). The van der Waals surface area contributed by atoms with Crippen molar-refractivity contribution in [3.63, 3.8) is 0 Å². The normalized spacial score (nSPS) is 15.9. The second-order valence-corrected chi connectivity index (χ2v) is 16.4. The number of aryl methyl sites for hydroxylation is 2. The monoisotopic (exact) mass is 692 g/mol. The number of nitrogens with two attached hydrogens (primary N) is 1. The van der Waals surface area contributed by atoms with E-state index < -0.39 is 15.9 Å². The fraction of sp³-hybridized carbons (Fsp3) is 0.256. The number of fused-ring (bicyclic) bond motifs is 7. The van der Waals surface area contributed by atoms with Crippen molar-refractivity contribution in [2.75, 3.05) is 18.8 Å². The molecule has 3 N–H and O–H groups in total. The van der Waals surface area contributed by atoms with Crippen molar-refractivity contribution >= 4 is 59.2 Å². The maximum atomic E-state index is 13.0. The smallest absolute Gasteiger partial charge is 0.250 e. The number of carbonyl (C=O) groups excluding carboxylic acids is 1. The molecule has 1 amide bonds. The van der Waals surface area contributed by atoms with E-state index in [4.69, 9.17) is 10.7 Å². The molecule has 8 heteroatoms. The van der Waals surface area contributed by atoms with Gasteiger partial charge in [0.25, 0.3) is 5.91 Å². The van der Waals surface area contributed by atoms with E-state index in [2.05, 4.69) is 71.7 Å². The van der Waals surface area contributed by atoms with Crippen LogP contribution in [0, 0.1) is 0 Å². The maximum absolute atomic E-state index is 13.0. The van der Waals surface area contributed by atoms with E-state index in [1.807, 2.05) is 24.4 Å². The van der Waals surface area contributed by atoms with Gasteiger partial charge in [-0.1, -0.05) is 66.7 Å². The fourth-order valence-electron chi connectivity index (χ4n) is 8.76. The van der Waals surface area contributed by atoms with Crippen LogP contribution in [-0.4, -0.2) is 47.4 Å². The molecule has 0 unspecified atom stereocenters. The quantitative estimate of drug-likeness (QED) is 0.170. The van der Waals surface area contributed by atoms with Crippen LogP contribution in [0.4, 0.5) is 0 Å². The lowest BCUT2D eigenvalue weighted by Gasteiger charge is -2.31. The average molecular weight is 693 g/mol. The van der Waals surface area contributed by atoms with Crippen LogP contribution in [0.3, 0.4) is 0 Å². The van der Waals surface area contributed by atoms with Crippen molar-refractivity contribution < 1.29 is 13.2 Å². The molecule has 3 heterocycles. The number of hydrogen-bond donors (Lipinski definition) is 2. The first-order valence-corrected chi connectivity index (χ1v) is 19.7. The number of sulfonamides is 1. The summed E-state index contributed by atoms with van der Waals surface area (Å²) < 4.78 is 26.7. The molecule has 5 aromatic carbocycles. The second kappa shape index (κ2) is 12.3. The Hall–Kier alpha value is -5.05. The van der Waals surface area contributed by atoms with Crippen molar-refractivity contribution in [2.45, 2.75) is 51.4 Å². The van der Waals surface area contributed by atoms with Crippen molar-refractivity contribution in [1.29, 1.82) is 0 Å². The number of primary amides is 1. The third-order valence-electron chi connectivity index (χ3n) is 11.4. The van der Waals surface area contributed by atoms with Crippen LogP contribution >= 0.6 is 0 Å². The Morgan fingerprint density at radius 2 is 1.59 bits per heavy atom. The highest BCUT2D eigenvalue weighted by atomic mass is 32.2. The fourth-order valence-corrected chi connectivity index (χ4v) is 9.89. The average Bonchev–Trinajstić information content (AvgIpc) is 3.60. The van der Waals surface area contributed by atoms with Gasteiger partial charge >= 0.3 is 0 Å². The van der Waals surface area contributed by atoms with Crippen LogP contribution in [0.5, 0.6) is 0 Å². The molecule has 256 valence electrons. The number of benzene rings is 5. The summed E-state index contributed by atoms with van der Waals surface area (Å²) in [4.78, 5) is 21.7. The molecule has 0 saturated carbocycles. The summed E-state index contributed by atoms with van der Waals surface area (Å²) in [6.07, 6.45) is 8.17. The minimum absolute atomic E-state index is 0.104. The number of piperidine rings is 1. The Morgan fingerprint density at radius 1 is 0.843 bits per heavy atom. The van der Waals surface area contributed by atoms with E-state index in [1.54, 1.807) is 11.2 Å². The number of carbonyl (C=O) groups is 1. The molecule has 7 aromatic rings. The Labute approximate surface area is 297 Å². The van der Waals surface area contributed by atoms with Gasteiger partial charge in [-0.15, -0.1) is 0 Å². The van der Waals surface area contributed by atoms with Crippen molar-refractivity contribution in [3.8, 4) is 22.5 Å². The number of hydrogen-bond acceptors (Lipinski definition) is 4. The summed E-state index contributed by atoms with van der Waals surface area (Å²) in [6, 6.07) is 30.1. The minimum Gasteiger partial charge on any atom is -0.366 e. The van der Waals surface area contributed by atoms with E-state index in [0.29, 0.717) is 37.0 Å². The maximum Gasteiger partial charge on any atom is 0.250 e. The zero-order valence-corrected chi connectivity index (χ0v) is 29.5. The van der Waals surface area contributed by atoms with Crippen LogP contribution in [0.15, 0.2) is 91.1 Å². The number of amides is 1. The Morgan fingerprint density at radius 3 is 2.41 bits per heavy atom. The molecule has 7 nitrogen and oxygen atoms in total. The van der Waals surface area contributed by atoms with Crippen LogP contribution < -0.4 is 5.73 Å². The van der Waals surface area contributed by atoms with Gasteiger partial charge in [-0.3, -0.25) is 4.79 Å². The number of nitrogens with one attached hydrogen (secondary N) is 1. The number of aromatic nitrogens is 2. The zero-order valence-electron chi connectivity index (χ0n) is 28.7. The van der Waals surface area contributed by atoms with Crippen molar-refractivity contribution in [2.24, 2.45) is 5.73 Å². The lowest BCUT2D eigenvalue weighted by Crippen LogP contribution is -2.38. The predicted octanol–water partition coefficient (Wildman–Crippen LogP) is 8.86. The highest BCUT2D eigenvalue weighted by Gasteiger charge is 2.29. The SMILES string of the molecule is CCS(=O)(=O)N1CCC(c2c[nH]c3c(C(N)=O)cc(-c4nc(-c5cccc6c5ccc5c7c(ccc56)CCCC7)cc5ccccc45)cc23)CC1. The standard InChI is InChI=1S/C43H40N4O3S/c1-2-51(49,50)47-20-18-27(19-21-47)39-25-45-42-37(39)22-29(23-38(42)43(44)48)41-31-11-6-4-9-28(31)24-40(46-41)36-13-7-12-32-34-15-14-26-8-3-5-10-30(26)33(34)16-17-35(32)36/h4,6-7,9,11-17,22-25,27,45H,2-3,5,8,10,18-21H2,1H3,(H2,44,48). The van der Waals surface area contributed by atoms with Gasteiger partial charge < -0.3 is 10.7 Å². The van der Waals surface area contributed by atoms with Gasteiger partial charge in [-0.05, 0) is 113 Å². The van der Waals surface area contributed by atoms with Gasteiger partial charge in [-0.25, -0.2) is 17.7 Å². The molecule has 1 aliphatic heterocycles. The summed E-state index contributed by atoms with van der Waals surface area (Å²) in [5, 5.41) is 8.00. The zero-order chi connectivity index (χ0) is 34.9. The van der Waals surface area contributed by atoms with Crippen LogP contribution in [0.1, 0.15) is 65.6 Å². The molecule has 2 aliphatic rings. The Balaban J connectivity index is 1.20. The summed E-state index contributed by atoms with van der Waals surface area (Å²) in [6.45, 7) is 2.65. The Bertz CT molecular complexity index is 2650. The Kier molecular flexibility index (Phi) is 7.71. The van der Waals surface area contributed by atoms with E-state index in [1.165, 1.54) is 40.1 Å². The summed E-state index contributed by atoms with van der Waals surface area (Å²) in [5.74, 6) is -0.263. The lowest BCUT2D eigenvalue weighted by atomic mass is 9.86. The van der Waals surface area contributed by atoms with Gasteiger partial charge in [-0.2, -0.15) is 0 Å². The molecule has 0 spiro atoms. The van der Waals surface area contributed by atoms with E-state index >= 15 is 0 Å². The van der Waals surface area contributed by atoms with Crippen LogP contribution in [0.2, 0.25) is 0 Å². The lowest BCUT2D eigenvalue weighted by molar-refractivity contribution is 0.100. The molecule has 0 bridgehead atoms. The highest BCUT2D eigenvalue weighted by molar-refractivity contribution is 7.89. The molecule has 2 aromatic heterocycles. The van der Waals surface area contributed by atoms with Gasteiger partial charge in [0, 0.05) is 41.2 Å². The molecule has 0 atom stereocenters. The number of aromatic amines is 1. The third kappa shape index (κ3) is 5.31. The molecular formula is C43H40N4O3S. The summed E-state index contributed by atoms with van der Waals surface area (Å²) >= 11 is 0. The van der Waals surface area contributed by atoms with E-state index in [9.17, 15) is 13.2 Å². The molecule has 0 radical (unpaired) electrons. The first kappa shape index (κ1) is 31.9. The summed E-state index contributed by atoms with van der Waals surface area (Å²) in [5.41, 5.74) is 14.7. The molecule has 1 fully saturated rings. The number of H-pyrrole nitrogens is 1. The second-order valence-electron chi connectivity index (χ2n) is 14.2. The molecular weight excluding hydrogens is 653 g/mol. The van der Waals surface area contributed by atoms with Crippen LogP contribution in [-0.2, 0) is 22.9 Å². The number of nitrogens with zero attached hydrogens (tertiary/aromatic N) is 2. The number of pyridine rings is 1. The third-order valence-corrected chi connectivity index (χ3v) is 13.3. The summed E-state index contributed by atoms with van der Waals surface area (Å²) in [7, 11) is -3.24. The first-order valence-electron chi connectivity index (χ1n) is 18.1. The van der Waals surface area contributed by atoms with Crippen molar-refractivity contribution in [1.82, 2.24) is 14.3 Å². The van der Waals surface area contributed by atoms with Crippen LogP contribution in [0.25, 0.3) is 65.7 Å². The first-order chi connectivity index (χ1) is 24.8. The van der Waals surface area contributed by atoms with Gasteiger partial charge in [0.05, 0.1) is 28.2 Å². The molecule has 1 aliphatic carbocycles. The molecule has 51 heavy (non-hydrogen) atoms. The molecule has 1 saturated heterocycles. The van der Waals surface area contributed by atoms with Crippen molar-refractivity contribution in [3.05, 3.63) is 113 Å². The van der Waals surface area contributed by atoms with E-state index in [-0.39, 0.29) is 11.7 Å². The largest absolute Gasteiger partial charge is 0.366 e. The highest BCUT2D eigenvalue weighted by Crippen LogP contribution is 2.41. The van der Waals surface area contributed by atoms with E-state index in [0.717, 1.165) is 62.5 Å². The topological polar surface area (TPSA) is 109 Å². The van der Waals surface area contributed by atoms with Gasteiger partial charge in [0.15, 0.2) is 0 Å². The van der Waals surface area contributed by atoms with Gasteiger partial charge in [0.1, 0.15) is 0 Å².